The molecule has 10 heteroatoms. The largest absolute Gasteiger partial charge is 0.461 e. The Bertz CT molecular complexity index is 1870. The van der Waals surface area contributed by atoms with Crippen LogP contribution in [0.25, 0.3) is 32.9 Å². The van der Waals surface area contributed by atoms with Crippen LogP contribution in [0, 0.1) is 41.2 Å². The summed E-state index contributed by atoms with van der Waals surface area (Å²) in [5, 5.41) is 21.0. The van der Waals surface area contributed by atoms with Crippen molar-refractivity contribution in [2.24, 2.45) is 5.92 Å². The number of aliphatic hydroxyl groups excluding tert-OH is 1. The average Bonchev–Trinajstić information content (AvgIpc) is 3.53. The third-order valence-corrected chi connectivity index (χ3v) is 9.96. The molecule has 4 aromatic rings. The quantitative estimate of drug-likeness (QED) is 0.283. The maximum Gasteiger partial charge on any atom is 0.319 e. The lowest BCUT2D eigenvalue weighted by molar-refractivity contribution is 0.0644. The Labute approximate surface area is 260 Å². The van der Waals surface area contributed by atoms with E-state index in [1.165, 1.54) is 6.07 Å². The van der Waals surface area contributed by atoms with E-state index in [-0.39, 0.29) is 46.9 Å². The molecule has 8 nitrogen and oxygen atoms in total. The van der Waals surface area contributed by atoms with E-state index in [1.807, 2.05) is 0 Å². The summed E-state index contributed by atoms with van der Waals surface area (Å²) in [7, 11) is 0. The number of aliphatic hydroxyl groups is 1. The summed E-state index contributed by atoms with van der Waals surface area (Å²) in [5.41, 5.74) is 0.266. The fourth-order valence-electron chi connectivity index (χ4n) is 7.65. The molecule has 230 valence electrons. The van der Waals surface area contributed by atoms with Crippen molar-refractivity contribution in [3.8, 4) is 35.7 Å². The first-order chi connectivity index (χ1) is 22.0. The van der Waals surface area contributed by atoms with Gasteiger partial charge in [-0.15, -0.1) is 6.42 Å². The Morgan fingerprint density at radius 1 is 1.07 bits per heavy atom. The molecule has 3 aliphatic rings. The van der Waals surface area contributed by atoms with Crippen LogP contribution in [0.4, 0.5) is 14.6 Å². The van der Waals surface area contributed by atoms with Gasteiger partial charge in [0, 0.05) is 42.2 Å². The highest BCUT2D eigenvalue weighted by Crippen LogP contribution is 2.43. The van der Waals surface area contributed by atoms with Gasteiger partial charge in [-0.25, -0.2) is 8.78 Å². The highest BCUT2D eigenvalue weighted by atomic mass is 19.1. The lowest BCUT2D eigenvalue weighted by atomic mass is 9.95. The zero-order valence-corrected chi connectivity index (χ0v) is 25.0. The molecule has 0 bridgehead atoms. The summed E-state index contributed by atoms with van der Waals surface area (Å²) in [6.07, 6.45) is 13.3. The molecule has 0 spiro atoms. The van der Waals surface area contributed by atoms with E-state index in [0.29, 0.717) is 53.7 Å². The van der Waals surface area contributed by atoms with Gasteiger partial charge in [-0.3, -0.25) is 9.88 Å². The molecule has 2 aromatic carbocycles. The molecule has 0 amide bonds. The third-order valence-electron chi connectivity index (χ3n) is 9.96. The first-order valence-electron chi connectivity index (χ1n) is 15.7. The van der Waals surface area contributed by atoms with Crippen molar-refractivity contribution in [1.82, 2.24) is 19.9 Å². The first-order valence-corrected chi connectivity index (χ1v) is 15.7. The van der Waals surface area contributed by atoms with E-state index < -0.39 is 11.6 Å². The van der Waals surface area contributed by atoms with Gasteiger partial charge in [0.05, 0.1) is 29.2 Å². The van der Waals surface area contributed by atoms with E-state index in [0.717, 1.165) is 45.1 Å². The number of pyridine rings is 1. The summed E-state index contributed by atoms with van der Waals surface area (Å²) in [4.78, 5) is 18.4. The lowest BCUT2D eigenvalue weighted by Gasteiger charge is -2.34. The molecule has 3 atom stereocenters. The van der Waals surface area contributed by atoms with Crippen LogP contribution in [0.5, 0.6) is 6.01 Å². The molecule has 3 aliphatic heterocycles. The molecule has 2 aromatic heterocycles. The number of fused-ring (bicyclic) bond motifs is 3. The zero-order chi connectivity index (χ0) is 31.1. The average molecular weight is 609 g/mol. The van der Waals surface area contributed by atoms with Crippen molar-refractivity contribution < 1.29 is 18.6 Å². The second kappa shape index (κ2) is 11.8. The summed E-state index contributed by atoms with van der Waals surface area (Å²) in [6, 6.07) is 10.7. The van der Waals surface area contributed by atoms with Crippen LogP contribution < -0.4 is 9.64 Å². The normalized spacial score (nSPS) is 23.5. The number of anilines is 1. The SMILES string of the molecule is C#Cc1c(F)ccc2cccc(-c3ncc4c(N5CCCC(C#N)CC5)nc(OC[C@@]56CCCN5[C@H](CO)CC6)nc4c3F)c12. The second-order valence-corrected chi connectivity index (χ2v) is 12.4. The predicted octanol–water partition coefficient (Wildman–Crippen LogP) is 5.60. The van der Waals surface area contributed by atoms with Gasteiger partial charge in [-0.05, 0) is 62.9 Å². The number of ether oxygens (including phenoxy) is 1. The number of benzene rings is 2. The van der Waals surface area contributed by atoms with Crippen LogP contribution in [-0.2, 0) is 0 Å². The molecule has 0 aliphatic carbocycles. The van der Waals surface area contributed by atoms with Gasteiger partial charge in [0.15, 0.2) is 5.82 Å². The Hall–Kier alpha value is -4.38. The van der Waals surface area contributed by atoms with Crippen molar-refractivity contribution in [3.63, 3.8) is 0 Å². The summed E-state index contributed by atoms with van der Waals surface area (Å²) in [6.45, 7) is 2.57. The molecule has 5 heterocycles. The minimum atomic E-state index is -0.674. The number of terminal acetylenes is 1. The van der Waals surface area contributed by atoms with Crippen molar-refractivity contribution in [1.29, 1.82) is 5.26 Å². The number of hydrogen-bond donors (Lipinski definition) is 1. The van der Waals surface area contributed by atoms with Gasteiger partial charge in [0.2, 0.25) is 0 Å². The zero-order valence-electron chi connectivity index (χ0n) is 25.0. The minimum absolute atomic E-state index is 0.00773. The topological polar surface area (TPSA) is 98.4 Å². The van der Waals surface area contributed by atoms with E-state index >= 15 is 4.39 Å². The standard InChI is InChI=1S/C35H34F2N6O2/c1-2-25-28(36)10-9-23-7-3-8-26(29(23)25)31-30(37)32-27(19-39-31)33(42-15-4-6-22(18-38)12-17-42)41-34(40-32)45-21-35-13-5-16-43(35)24(20-44)11-14-35/h1,3,7-10,19,22,24,44H,4-6,11-17,20-21H2/t22?,24-,35-/m0/s1. The maximum absolute atomic E-state index is 16.7. The van der Waals surface area contributed by atoms with Crippen molar-refractivity contribution in [3.05, 3.63) is 53.7 Å². The highest BCUT2D eigenvalue weighted by Gasteiger charge is 2.49. The van der Waals surface area contributed by atoms with E-state index in [2.05, 4.69) is 31.8 Å². The molecule has 45 heavy (non-hydrogen) atoms. The van der Waals surface area contributed by atoms with Crippen LogP contribution in [0.15, 0.2) is 36.5 Å². The van der Waals surface area contributed by atoms with Crippen LogP contribution in [-0.4, -0.2) is 69.4 Å². The summed E-state index contributed by atoms with van der Waals surface area (Å²) in [5.74, 6) is 1.66. The third kappa shape index (κ3) is 5.03. The highest BCUT2D eigenvalue weighted by molar-refractivity contribution is 6.02. The monoisotopic (exact) mass is 608 g/mol. The summed E-state index contributed by atoms with van der Waals surface area (Å²) >= 11 is 0. The Kier molecular flexibility index (Phi) is 7.72. The van der Waals surface area contributed by atoms with Gasteiger partial charge in [0.1, 0.15) is 29.5 Å². The molecule has 1 unspecified atom stereocenters. The minimum Gasteiger partial charge on any atom is -0.461 e. The molecule has 3 saturated heterocycles. The van der Waals surface area contributed by atoms with Crippen molar-refractivity contribution in [2.45, 2.75) is 56.5 Å². The van der Waals surface area contributed by atoms with Gasteiger partial charge >= 0.3 is 6.01 Å². The van der Waals surface area contributed by atoms with E-state index in [4.69, 9.17) is 16.1 Å². The van der Waals surface area contributed by atoms with Crippen molar-refractivity contribution in [2.75, 3.05) is 37.7 Å². The van der Waals surface area contributed by atoms with Crippen molar-refractivity contribution >= 4 is 27.5 Å². The molecule has 7 rings (SSSR count). The van der Waals surface area contributed by atoms with Gasteiger partial charge in [0.25, 0.3) is 0 Å². The number of rotatable bonds is 6. The predicted molar refractivity (Wildman–Crippen MR) is 168 cm³/mol. The van der Waals surface area contributed by atoms with Crippen LogP contribution in [0.3, 0.4) is 0 Å². The molecule has 0 saturated carbocycles. The molecule has 0 radical (unpaired) electrons. The number of hydrogen-bond acceptors (Lipinski definition) is 8. The lowest BCUT2D eigenvalue weighted by Crippen LogP contribution is -2.47. The number of nitrogens with zero attached hydrogens (tertiary/aromatic N) is 6. The number of aromatic nitrogens is 3. The molecular weight excluding hydrogens is 574 g/mol. The number of nitriles is 1. The molecule has 1 N–H and O–H groups in total. The summed E-state index contributed by atoms with van der Waals surface area (Å²) < 4.78 is 37.9. The van der Waals surface area contributed by atoms with E-state index in [1.54, 1.807) is 30.5 Å². The van der Waals surface area contributed by atoms with Crippen LogP contribution in [0.2, 0.25) is 0 Å². The second-order valence-electron chi connectivity index (χ2n) is 12.4. The fourth-order valence-corrected chi connectivity index (χ4v) is 7.65. The van der Waals surface area contributed by atoms with Crippen LogP contribution in [0.1, 0.15) is 50.5 Å². The van der Waals surface area contributed by atoms with E-state index in [9.17, 15) is 14.8 Å². The molecular formula is C35H34F2N6O2. The Morgan fingerprint density at radius 2 is 1.96 bits per heavy atom. The Morgan fingerprint density at radius 3 is 2.78 bits per heavy atom. The van der Waals surface area contributed by atoms with Gasteiger partial charge < -0.3 is 14.7 Å². The smallest absolute Gasteiger partial charge is 0.319 e. The van der Waals surface area contributed by atoms with Gasteiger partial charge in [-0.1, -0.05) is 30.2 Å². The van der Waals surface area contributed by atoms with Gasteiger partial charge in [-0.2, -0.15) is 15.2 Å². The van der Waals surface area contributed by atoms with Crippen LogP contribution >= 0.6 is 0 Å². The fraction of sp³-hybridized carbons (Fsp3) is 0.429. The molecule has 3 fully saturated rings. The maximum atomic E-state index is 16.7. The Balaban J connectivity index is 1.35. The number of halogens is 2. The first kappa shape index (κ1) is 29.3.